The average molecular weight is 399 g/mol. The first kappa shape index (κ1) is 19.2. The molecule has 1 amide bonds. The molecule has 148 valence electrons. The lowest BCUT2D eigenvalue weighted by atomic mass is 10.1. The summed E-state index contributed by atoms with van der Waals surface area (Å²) in [5, 5.41) is 5.85. The fraction of sp³-hybridized carbons (Fsp3) is 0.0435. The molecule has 2 heterocycles. The van der Waals surface area contributed by atoms with Crippen molar-refractivity contribution in [3.05, 3.63) is 96.3 Å². The third-order valence-electron chi connectivity index (χ3n) is 4.46. The first-order valence-electron chi connectivity index (χ1n) is 9.27. The minimum atomic E-state index is -0.388. The quantitative estimate of drug-likeness (QED) is 0.495. The summed E-state index contributed by atoms with van der Waals surface area (Å²) in [7, 11) is 0. The Morgan fingerprint density at radius 3 is 2.63 bits per heavy atom. The maximum atomic E-state index is 13.5. The Hall–Kier alpha value is -4.13. The molecule has 2 N–H and O–H groups in total. The number of benzene rings is 2. The molecule has 0 radical (unpaired) electrons. The Labute approximate surface area is 172 Å². The van der Waals surface area contributed by atoms with Crippen LogP contribution in [-0.2, 0) is 0 Å². The second-order valence-electron chi connectivity index (χ2n) is 6.60. The standard InChI is InChI=1S/C23H18FN5O/c1-15-13-17(7-8-19(15)24)27-23-26-12-10-20(29-23)22(30)28-21-14-25-11-9-18(21)16-5-3-2-4-6-16/h2-14H,1H3,(H,28,30)(H,26,27,29). The van der Waals surface area contributed by atoms with Crippen LogP contribution in [0.4, 0.5) is 21.7 Å². The maximum absolute atomic E-state index is 13.5. The molecule has 30 heavy (non-hydrogen) atoms. The van der Waals surface area contributed by atoms with E-state index < -0.39 is 0 Å². The number of halogens is 1. The van der Waals surface area contributed by atoms with Crippen LogP contribution in [0.1, 0.15) is 16.1 Å². The highest BCUT2D eigenvalue weighted by atomic mass is 19.1. The monoisotopic (exact) mass is 399 g/mol. The molecule has 0 aliphatic carbocycles. The molecule has 0 unspecified atom stereocenters. The zero-order chi connectivity index (χ0) is 20.9. The largest absolute Gasteiger partial charge is 0.324 e. The van der Waals surface area contributed by atoms with Gasteiger partial charge in [0.2, 0.25) is 5.95 Å². The van der Waals surface area contributed by atoms with Gasteiger partial charge in [0.25, 0.3) is 5.91 Å². The van der Waals surface area contributed by atoms with Crippen molar-refractivity contribution in [1.29, 1.82) is 0 Å². The Kier molecular flexibility index (Phi) is 5.43. The van der Waals surface area contributed by atoms with E-state index in [0.29, 0.717) is 16.9 Å². The minimum absolute atomic E-state index is 0.189. The normalized spacial score (nSPS) is 10.5. The summed E-state index contributed by atoms with van der Waals surface area (Å²) in [6.07, 6.45) is 4.76. The molecule has 0 aliphatic rings. The van der Waals surface area contributed by atoms with Crippen LogP contribution < -0.4 is 10.6 Å². The number of hydrogen-bond donors (Lipinski definition) is 2. The van der Waals surface area contributed by atoms with Gasteiger partial charge in [0.15, 0.2) is 0 Å². The number of anilines is 3. The fourth-order valence-electron chi connectivity index (χ4n) is 2.95. The zero-order valence-corrected chi connectivity index (χ0v) is 16.1. The summed E-state index contributed by atoms with van der Waals surface area (Å²) < 4.78 is 13.5. The Morgan fingerprint density at radius 2 is 1.83 bits per heavy atom. The maximum Gasteiger partial charge on any atom is 0.274 e. The number of amides is 1. The van der Waals surface area contributed by atoms with E-state index in [1.807, 2.05) is 36.4 Å². The van der Waals surface area contributed by atoms with E-state index in [1.54, 1.807) is 31.5 Å². The molecular formula is C23H18FN5O. The van der Waals surface area contributed by atoms with Crippen LogP contribution in [0.3, 0.4) is 0 Å². The molecular weight excluding hydrogens is 381 g/mol. The van der Waals surface area contributed by atoms with Gasteiger partial charge in [-0.25, -0.2) is 14.4 Å². The average Bonchev–Trinajstić information content (AvgIpc) is 2.77. The van der Waals surface area contributed by atoms with Gasteiger partial charge in [0.1, 0.15) is 11.5 Å². The van der Waals surface area contributed by atoms with Gasteiger partial charge in [-0.15, -0.1) is 0 Å². The van der Waals surface area contributed by atoms with Gasteiger partial charge in [-0.3, -0.25) is 9.78 Å². The molecule has 0 fully saturated rings. The number of aromatic nitrogens is 3. The molecule has 4 rings (SSSR count). The highest BCUT2D eigenvalue weighted by molar-refractivity contribution is 6.05. The smallest absolute Gasteiger partial charge is 0.274 e. The summed E-state index contributed by atoms with van der Waals surface area (Å²) in [6.45, 7) is 1.67. The van der Waals surface area contributed by atoms with Gasteiger partial charge in [-0.2, -0.15) is 0 Å². The molecule has 0 saturated carbocycles. The third kappa shape index (κ3) is 4.30. The number of carbonyl (C=O) groups is 1. The number of aryl methyl sites for hydroxylation is 1. The van der Waals surface area contributed by atoms with E-state index in [0.717, 1.165) is 11.1 Å². The summed E-state index contributed by atoms with van der Waals surface area (Å²) in [5.74, 6) is -0.440. The van der Waals surface area contributed by atoms with Crippen molar-refractivity contribution in [1.82, 2.24) is 15.0 Å². The van der Waals surface area contributed by atoms with Crippen LogP contribution in [-0.4, -0.2) is 20.9 Å². The van der Waals surface area contributed by atoms with Crippen LogP contribution in [0.25, 0.3) is 11.1 Å². The molecule has 7 heteroatoms. The molecule has 2 aromatic heterocycles. The highest BCUT2D eigenvalue weighted by Crippen LogP contribution is 2.27. The molecule has 0 aliphatic heterocycles. The highest BCUT2D eigenvalue weighted by Gasteiger charge is 2.13. The van der Waals surface area contributed by atoms with Gasteiger partial charge < -0.3 is 10.6 Å². The van der Waals surface area contributed by atoms with Gasteiger partial charge in [-0.05, 0) is 48.4 Å². The Bertz CT molecular complexity index is 1200. The van der Waals surface area contributed by atoms with E-state index in [2.05, 4.69) is 25.6 Å². The number of nitrogens with zero attached hydrogens (tertiary/aromatic N) is 3. The van der Waals surface area contributed by atoms with Crippen molar-refractivity contribution < 1.29 is 9.18 Å². The molecule has 0 bridgehead atoms. The van der Waals surface area contributed by atoms with Crippen LogP contribution in [0.5, 0.6) is 0 Å². The van der Waals surface area contributed by atoms with E-state index in [4.69, 9.17) is 0 Å². The molecule has 4 aromatic rings. The number of nitrogens with one attached hydrogen (secondary N) is 2. The van der Waals surface area contributed by atoms with E-state index in [-0.39, 0.29) is 23.4 Å². The first-order valence-corrected chi connectivity index (χ1v) is 9.27. The summed E-state index contributed by atoms with van der Waals surface area (Å²) in [4.78, 5) is 25.3. The summed E-state index contributed by atoms with van der Waals surface area (Å²) in [5.41, 5.74) is 3.72. The lowest BCUT2D eigenvalue weighted by molar-refractivity contribution is 0.102. The van der Waals surface area contributed by atoms with Crippen LogP contribution in [0, 0.1) is 12.7 Å². The molecule has 6 nitrogen and oxygen atoms in total. The van der Waals surface area contributed by atoms with Crippen molar-refractivity contribution in [3.63, 3.8) is 0 Å². The van der Waals surface area contributed by atoms with Crippen LogP contribution in [0.2, 0.25) is 0 Å². The topological polar surface area (TPSA) is 79.8 Å². The Morgan fingerprint density at radius 1 is 1.00 bits per heavy atom. The third-order valence-corrected chi connectivity index (χ3v) is 4.46. The van der Waals surface area contributed by atoms with Crippen molar-refractivity contribution in [2.75, 3.05) is 10.6 Å². The van der Waals surface area contributed by atoms with Crippen molar-refractivity contribution >= 4 is 23.2 Å². The molecule has 0 saturated heterocycles. The predicted octanol–water partition coefficient (Wildman–Crippen LogP) is 4.98. The van der Waals surface area contributed by atoms with E-state index in [9.17, 15) is 9.18 Å². The summed E-state index contributed by atoms with van der Waals surface area (Å²) in [6, 6.07) is 17.7. The van der Waals surface area contributed by atoms with Gasteiger partial charge in [-0.1, -0.05) is 30.3 Å². The number of rotatable bonds is 5. The van der Waals surface area contributed by atoms with Crippen molar-refractivity contribution in [3.8, 4) is 11.1 Å². The molecule has 2 aromatic carbocycles. The lowest BCUT2D eigenvalue weighted by Crippen LogP contribution is -2.15. The number of pyridine rings is 1. The number of carbonyl (C=O) groups excluding carboxylic acids is 1. The lowest BCUT2D eigenvalue weighted by Gasteiger charge is -2.11. The summed E-state index contributed by atoms with van der Waals surface area (Å²) >= 11 is 0. The first-order chi connectivity index (χ1) is 14.6. The second-order valence-corrected chi connectivity index (χ2v) is 6.60. The molecule has 0 atom stereocenters. The van der Waals surface area contributed by atoms with Gasteiger partial charge in [0, 0.05) is 23.6 Å². The van der Waals surface area contributed by atoms with Gasteiger partial charge in [0.05, 0.1) is 11.9 Å². The minimum Gasteiger partial charge on any atom is -0.324 e. The predicted molar refractivity (Wildman–Crippen MR) is 114 cm³/mol. The molecule has 0 spiro atoms. The van der Waals surface area contributed by atoms with E-state index >= 15 is 0 Å². The van der Waals surface area contributed by atoms with Crippen LogP contribution >= 0.6 is 0 Å². The number of hydrogen-bond acceptors (Lipinski definition) is 5. The van der Waals surface area contributed by atoms with Gasteiger partial charge >= 0.3 is 0 Å². The zero-order valence-electron chi connectivity index (χ0n) is 16.1. The fourth-order valence-corrected chi connectivity index (χ4v) is 2.95. The van der Waals surface area contributed by atoms with Crippen molar-refractivity contribution in [2.24, 2.45) is 0 Å². The Balaban J connectivity index is 1.55. The SMILES string of the molecule is Cc1cc(Nc2nccc(C(=O)Nc3cnccc3-c3ccccc3)n2)ccc1F. The van der Waals surface area contributed by atoms with Crippen molar-refractivity contribution in [2.45, 2.75) is 6.92 Å². The van der Waals surface area contributed by atoms with E-state index in [1.165, 1.54) is 18.3 Å². The van der Waals surface area contributed by atoms with Crippen LogP contribution in [0.15, 0.2) is 79.3 Å². The second kappa shape index (κ2) is 8.48.